The summed E-state index contributed by atoms with van der Waals surface area (Å²) in [5.74, 6) is 0.859. The molecule has 0 amide bonds. The monoisotopic (exact) mass is 339 g/mol. The van der Waals surface area contributed by atoms with Crippen LogP contribution in [0.5, 0.6) is 0 Å². The fourth-order valence-electron chi connectivity index (χ4n) is 1.88. The Hall–Kier alpha value is -1.13. The molecule has 1 aromatic heterocycles. The van der Waals surface area contributed by atoms with Gasteiger partial charge >= 0.3 is 0 Å². The van der Waals surface area contributed by atoms with Gasteiger partial charge in [-0.3, -0.25) is 0 Å². The van der Waals surface area contributed by atoms with E-state index in [1.165, 1.54) is 5.56 Å². The van der Waals surface area contributed by atoms with E-state index in [1.807, 2.05) is 39.1 Å². The highest BCUT2D eigenvalue weighted by atomic mass is 79.9. The number of hydrogen-bond donors (Lipinski definition) is 0. The average Bonchev–Trinajstić information content (AvgIpc) is 2.39. The minimum atomic E-state index is 0.468. The molecule has 0 unspecified atom stereocenters. The first-order valence-corrected chi connectivity index (χ1v) is 7.11. The molecule has 0 spiro atoms. The van der Waals surface area contributed by atoms with E-state index >= 15 is 0 Å². The first-order valence-electron chi connectivity index (χ1n) is 5.94. The third-order valence-corrected chi connectivity index (χ3v) is 4.30. The van der Waals surface area contributed by atoms with Crippen molar-refractivity contribution in [3.05, 3.63) is 50.6 Å². The van der Waals surface area contributed by atoms with E-state index < -0.39 is 0 Å². The summed E-state index contributed by atoms with van der Waals surface area (Å²) in [4.78, 5) is 2.08. The van der Waals surface area contributed by atoms with Gasteiger partial charge in [0.25, 0.3) is 0 Å². The molecule has 0 atom stereocenters. The Morgan fingerprint density at radius 3 is 2.53 bits per heavy atom. The number of anilines is 1. The van der Waals surface area contributed by atoms with Crippen LogP contribution in [0.2, 0.25) is 5.15 Å². The lowest BCUT2D eigenvalue weighted by atomic mass is 10.1. The maximum Gasteiger partial charge on any atom is 0.155 e. The Kier molecular flexibility index (Phi) is 4.42. The van der Waals surface area contributed by atoms with Crippen molar-refractivity contribution >= 4 is 33.3 Å². The van der Waals surface area contributed by atoms with E-state index in [0.29, 0.717) is 5.15 Å². The van der Waals surface area contributed by atoms with Crippen LogP contribution in [0.3, 0.4) is 0 Å². The maximum absolute atomic E-state index is 5.98. The zero-order chi connectivity index (χ0) is 14.0. The van der Waals surface area contributed by atoms with E-state index in [-0.39, 0.29) is 0 Å². The van der Waals surface area contributed by atoms with Crippen molar-refractivity contribution in [1.29, 1.82) is 0 Å². The molecule has 2 rings (SSSR count). The van der Waals surface area contributed by atoms with Crippen molar-refractivity contribution in [2.24, 2.45) is 0 Å². The first-order chi connectivity index (χ1) is 9.00. The van der Waals surface area contributed by atoms with Gasteiger partial charge in [-0.05, 0) is 36.6 Å². The summed E-state index contributed by atoms with van der Waals surface area (Å²) in [6.45, 7) is 4.74. The number of halogens is 2. The fraction of sp³-hybridized carbons (Fsp3) is 0.286. The predicted octanol–water partition coefficient (Wildman–Crippen LogP) is 4.15. The smallest absolute Gasteiger partial charge is 0.155 e. The lowest BCUT2D eigenvalue weighted by molar-refractivity contribution is 0.850. The quantitative estimate of drug-likeness (QED) is 0.840. The summed E-state index contributed by atoms with van der Waals surface area (Å²) >= 11 is 9.53. The predicted molar refractivity (Wildman–Crippen MR) is 82.8 cm³/mol. The van der Waals surface area contributed by atoms with Crippen LogP contribution in [-0.4, -0.2) is 17.2 Å². The summed E-state index contributed by atoms with van der Waals surface area (Å²) in [7, 11) is 2.00. The molecule has 0 saturated heterocycles. The van der Waals surface area contributed by atoms with Crippen molar-refractivity contribution < 1.29 is 0 Å². The van der Waals surface area contributed by atoms with Gasteiger partial charge in [0.05, 0.1) is 0 Å². The molecule has 3 nitrogen and oxygen atoms in total. The van der Waals surface area contributed by atoms with Crippen LogP contribution in [0.4, 0.5) is 5.82 Å². The van der Waals surface area contributed by atoms with Gasteiger partial charge in [-0.2, -0.15) is 0 Å². The summed E-state index contributed by atoms with van der Waals surface area (Å²) in [6, 6.07) is 8.16. The lowest BCUT2D eigenvalue weighted by Crippen LogP contribution is -2.20. The molecule has 100 valence electrons. The highest BCUT2D eigenvalue weighted by Gasteiger charge is 2.13. The van der Waals surface area contributed by atoms with Gasteiger partial charge in [0.2, 0.25) is 0 Å². The molecule has 0 aliphatic rings. The number of aromatic nitrogens is 2. The second kappa shape index (κ2) is 5.88. The Bertz CT molecular complexity index is 601. The second-order valence-electron chi connectivity index (χ2n) is 4.51. The Morgan fingerprint density at radius 2 is 1.84 bits per heavy atom. The molecular formula is C14H15BrClN3. The van der Waals surface area contributed by atoms with Crippen LogP contribution in [0.25, 0.3) is 0 Å². The van der Waals surface area contributed by atoms with Crippen LogP contribution < -0.4 is 4.90 Å². The van der Waals surface area contributed by atoms with E-state index in [4.69, 9.17) is 11.6 Å². The maximum atomic E-state index is 5.98. The molecule has 0 radical (unpaired) electrons. The molecule has 1 aromatic carbocycles. The second-order valence-corrected chi connectivity index (χ2v) is 5.72. The summed E-state index contributed by atoms with van der Waals surface area (Å²) in [5.41, 5.74) is 3.25. The summed E-state index contributed by atoms with van der Waals surface area (Å²) in [6.07, 6.45) is 0. The molecular weight excluding hydrogens is 326 g/mol. The van der Waals surface area contributed by atoms with Crippen LogP contribution >= 0.6 is 27.5 Å². The standard InChI is InChI=1S/C14H15BrClN3/c1-9-10(2)14(18-17-13(9)16)19(3)8-11-6-4-5-7-12(11)15/h4-7H,8H2,1-3H3. The van der Waals surface area contributed by atoms with Crippen molar-refractivity contribution in [2.45, 2.75) is 20.4 Å². The van der Waals surface area contributed by atoms with Crippen molar-refractivity contribution in [3.63, 3.8) is 0 Å². The molecule has 2 aromatic rings. The third kappa shape index (κ3) is 3.07. The van der Waals surface area contributed by atoms with Gasteiger partial charge < -0.3 is 4.90 Å². The average molecular weight is 341 g/mol. The van der Waals surface area contributed by atoms with Crippen LogP contribution in [0.15, 0.2) is 28.7 Å². The van der Waals surface area contributed by atoms with Gasteiger partial charge in [-0.1, -0.05) is 45.7 Å². The zero-order valence-corrected chi connectivity index (χ0v) is 13.5. The molecule has 0 aliphatic heterocycles. The molecule has 1 heterocycles. The van der Waals surface area contributed by atoms with Crippen LogP contribution in [0, 0.1) is 13.8 Å². The van der Waals surface area contributed by atoms with Gasteiger partial charge in [0.1, 0.15) is 0 Å². The van der Waals surface area contributed by atoms with Crippen molar-refractivity contribution in [2.75, 3.05) is 11.9 Å². The Labute approximate surface area is 126 Å². The van der Waals surface area contributed by atoms with Gasteiger partial charge in [0.15, 0.2) is 11.0 Å². The number of rotatable bonds is 3. The van der Waals surface area contributed by atoms with E-state index in [2.05, 4.69) is 37.1 Å². The zero-order valence-electron chi connectivity index (χ0n) is 11.1. The third-order valence-electron chi connectivity index (χ3n) is 3.17. The minimum absolute atomic E-state index is 0.468. The highest BCUT2D eigenvalue weighted by molar-refractivity contribution is 9.10. The minimum Gasteiger partial charge on any atom is -0.354 e. The fourth-order valence-corrected chi connectivity index (χ4v) is 2.47. The molecule has 19 heavy (non-hydrogen) atoms. The first kappa shape index (κ1) is 14.3. The molecule has 5 heteroatoms. The van der Waals surface area contributed by atoms with Crippen molar-refractivity contribution in [3.8, 4) is 0 Å². The largest absolute Gasteiger partial charge is 0.354 e. The topological polar surface area (TPSA) is 29.0 Å². The highest BCUT2D eigenvalue weighted by Crippen LogP contribution is 2.25. The molecule has 0 bridgehead atoms. The number of nitrogens with zero attached hydrogens (tertiary/aromatic N) is 3. The number of hydrogen-bond acceptors (Lipinski definition) is 3. The normalized spacial score (nSPS) is 10.6. The van der Waals surface area contributed by atoms with Gasteiger partial charge in [-0.15, -0.1) is 10.2 Å². The Morgan fingerprint density at radius 1 is 1.16 bits per heavy atom. The molecule has 0 aliphatic carbocycles. The van der Waals surface area contributed by atoms with Gasteiger partial charge in [0, 0.05) is 18.1 Å². The van der Waals surface area contributed by atoms with E-state index in [0.717, 1.165) is 28.0 Å². The van der Waals surface area contributed by atoms with Crippen LogP contribution in [0.1, 0.15) is 16.7 Å². The SMILES string of the molecule is Cc1c(Cl)nnc(N(C)Cc2ccccc2Br)c1C. The molecule has 0 N–H and O–H groups in total. The molecule has 0 fully saturated rings. The summed E-state index contributed by atoms with van der Waals surface area (Å²) in [5, 5.41) is 8.65. The van der Waals surface area contributed by atoms with Crippen molar-refractivity contribution in [1.82, 2.24) is 10.2 Å². The van der Waals surface area contributed by atoms with Gasteiger partial charge in [-0.25, -0.2) is 0 Å². The van der Waals surface area contributed by atoms with Crippen LogP contribution in [-0.2, 0) is 6.54 Å². The molecule has 0 saturated carbocycles. The van der Waals surface area contributed by atoms with E-state index in [9.17, 15) is 0 Å². The van der Waals surface area contributed by atoms with E-state index in [1.54, 1.807) is 0 Å². The Balaban J connectivity index is 2.28. The summed E-state index contributed by atoms with van der Waals surface area (Å²) < 4.78 is 1.10. The lowest BCUT2D eigenvalue weighted by Gasteiger charge is -2.21. The number of benzene rings is 1.